The largest absolute Gasteiger partial charge is 0.299 e. The van der Waals surface area contributed by atoms with E-state index in [9.17, 15) is 4.79 Å². The summed E-state index contributed by atoms with van der Waals surface area (Å²) in [7, 11) is 0. The summed E-state index contributed by atoms with van der Waals surface area (Å²) in [5, 5.41) is 0. The highest BCUT2D eigenvalue weighted by Gasteiger charge is 2.52. The number of ketones is 1. The van der Waals surface area contributed by atoms with Crippen molar-refractivity contribution in [2.45, 2.75) is 31.1 Å². The van der Waals surface area contributed by atoms with Crippen LogP contribution in [0.25, 0.3) is 11.1 Å². The molecule has 5 rings (SSSR count). The second kappa shape index (κ2) is 4.67. The third kappa shape index (κ3) is 1.89. The molecule has 0 aliphatic heterocycles. The molecule has 1 nitrogen and oxygen atoms in total. The first-order chi connectivity index (χ1) is 11.2. The van der Waals surface area contributed by atoms with Crippen molar-refractivity contribution in [3.8, 4) is 11.1 Å². The molecular weight excluding hydrogens is 280 g/mol. The zero-order chi connectivity index (χ0) is 15.4. The quantitative estimate of drug-likeness (QED) is 0.698. The molecule has 1 spiro atoms. The van der Waals surface area contributed by atoms with Crippen LogP contribution in [0.5, 0.6) is 0 Å². The van der Waals surface area contributed by atoms with Crippen LogP contribution in [0.15, 0.2) is 60.7 Å². The van der Waals surface area contributed by atoms with Crippen molar-refractivity contribution in [3.63, 3.8) is 0 Å². The molecule has 0 aromatic heterocycles. The maximum absolute atomic E-state index is 12.5. The first kappa shape index (κ1) is 13.3. The van der Waals surface area contributed by atoms with Gasteiger partial charge in [-0.15, -0.1) is 0 Å². The lowest BCUT2D eigenvalue weighted by Gasteiger charge is -2.40. The van der Waals surface area contributed by atoms with Gasteiger partial charge >= 0.3 is 0 Å². The van der Waals surface area contributed by atoms with Crippen molar-refractivity contribution in [2.24, 2.45) is 11.8 Å². The first-order valence-corrected chi connectivity index (χ1v) is 8.63. The predicted octanol–water partition coefficient (Wildman–Crippen LogP) is 4.70. The van der Waals surface area contributed by atoms with E-state index in [1.165, 1.54) is 28.7 Å². The van der Waals surface area contributed by atoms with Gasteiger partial charge in [0.1, 0.15) is 5.78 Å². The van der Waals surface area contributed by atoms with Crippen LogP contribution in [0.2, 0.25) is 0 Å². The van der Waals surface area contributed by atoms with Gasteiger partial charge in [0, 0.05) is 18.3 Å². The van der Waals surface area contributed by atoms with E-state index in [-0.39, 0.29) is 5.41 Å². The van der Waals surface area contributed by atoms with Crippen LogP contribution >= 0.6 is 0 Å². The topological polar surface area (TPSA) is 17.1 Å². The number of hydrogen-bond acceptors (Lipinski definition) is 1. The number of Topliss-reactive ketones (excluding diaryl/α,β-unsaturated/α-hetero) is 1. The molecule has 3 aliphatic carbocycles. The van der Waals surface area contributed by atoms with Gasteiger partial charge in [-0.25, -0.2) is 0 Å². The molecule has 3 unspecified atom stereocenters. The predicted molar refractivity (Wildman–Crippen MR) is 92.2 cm³/mol. The zero-order valence-corrected chi connectivity index (χ0v) is 13.2. The smallest absolute Gasteiger partial charge is 0.138 e. The number of allylic oxidation sites excluding steroid dienone is 2. The highest BCUT2D eigenvalue weighted by molar-refractivity contribution is 5.86. The summed E-state index contributed by atoms with van der Waals surface area (Å²) >= 11 is 0. The average Bonchev–Trinajstić information content (AvgIpc) is 3.16. The maximum Gasteiger partial charge on any atom is 0.138 e. The highest BCUT2D eigenvalue weighted by atomic mass is 16.1. The fourth-order valence-corrected chi connectivity index (χ4v) is 5.23. The van der Waals surface area contributed by atoms with Crippen LogP contribution in [0.3, 0.4) is 0 Å². The number of hydrogen-bond donors (Lipinski definition) is 0. The van der Waals surface area contributed by atoms with E-state index in [0.29, 0.717) is 24.0 Å². The lowest BCUT2D eigenvalue weighted by molar-refractivity contribution is -0.120. The van der Waals surface area contributed by atoms with Crippen molar-refractivity contribution < 1.29 is 4.79 Å². The van der Waals surface area contributed by atoms with Crippen molar-refractivity contribution in [3.05, 3.63) is 71.8 Å². The molecule has 1 heteroatoms. The Morgan fingerprint density at radius 3 is 2.57 bits per heavy atom. The van der Waals surface area contributed by atoms with Gasteiger partial charge in [-0.3, -0.25) is 4.79 Å². The second-order valence-electron chi connectivity index (χ2n) is 7.48. The molecule has 3 aliphatic rings. The summed E-state index contributed by atoms with van der Waals surface area (Å²) in [4.78, 5) is 12.5. The van der Waals surface area contributed by atoms with Crippen LogP contribution in [0.1, 0.15) is 30.4 Å². The van der Waals surface area contributed by atoms with Gasteiger partial charge in [0.05, 0.1) is 0 Å². The SMILES string of the molecule is O=C1Cc2cc(-c3ccccc3)ccc2C2(C1)CC1C=CC2C1. The highest BCUT2D eigenvalue weighted by Crippen LogP contribution is 2.57. The Labute approximate surface area is 137 Å². The Morgan fingerprint density at radius 1 is 0.957 bits per heavy atom. The van der Waals surface area contributed by atoms with Crippen LogP contribution in [-0.2, 0) is 16.6 Å². The molecule has 0 heterocycles. The fraction of sp³-hybridized carbons (Fsp3) is 0.318. The zero-order valence-electron chi connectivity index (χ0n) is 13.2. The summed E-state index contributed by atoms with van der Waals surface area (Å²) in [5.41, 5.74) is 5.28. The number of carbonyl (C=O) groups excluding carboxylic acids is 1. The van der Waals surface area contributed by atoms with Crippen molar-refractivity contribution in [1.82, 2.24) is 0 Å². The van der Waals surface area contributed by atoms with E-state index in [1.54, 1.807) is 0 Å². The molecule has 3 atom stereocenters. The van der Waals surface area contributed by atoms with Gasteiger partial charge in [0.25, 0.3) is 0 Å². The summed E-state index contributed by atoms with van der Waals surface area (Å²) in [6.45, 7) is 0. The molecule has 0 saturated heterocycles. The fourth-order valence-electron chi connectivity index (χ4n) is 5.23. The summed E-state index contributed by atoms with van der Waals surface area (Å²) in [6.07, 6.45) is 8.51. The minimum absolute atomic E-state index is 0.0965. The standard InChI is InChI=1S/C22H20O/c23-20-12-18-11-17(16-4-2-1-3-5-16)7-9-21(18)22(14-20)13-15-6-8-19(22)10-15/h1-9,11,15,19H,10,12-14H2. The third-order valence-electron chi connectivity index (χ3n) is 6.16. The van der Waals surface area contributed by atoms with E-state index < -0.39 is 0 Å². The van der Waals surface area contributed by atoms with Gasteiger partial charge in [0.15, 0.2) is 0 Å². The van der Waals surface area contributed by atoms with E-state index in [1.807, 2.05) is 6.07 Å². The van der Waals surface area contributed by atoms with Gasteiger partial charge in [0.2, 0.25) is 0 Å². The van der Waals surface area contributed by atoms with Crippen LogP contribution in [0.4, 0.5) is 0 Å². The maximum atomic E-state index is 12.5. The van der Waals surface area contributed by atoms with E-state index in [4.69, 9.17) is 0 Å². The Balaban J connectivity index is 1.64. The van der Waals surface area contributed by atoms with E-state index in [2.05, 4.69) is 54.6 Å². The monoisotopic (exact) mass is 300 g/mol. The molecule has 23 heavy (non-hydrogen) atoms. The number of benzene rings is 2. The Bertz CT molecular complexity index is 817. The van der Waals surface area contributed by atoms with Crippen LogP contribution < -0.4 is 0 Å². The molecule has 1 fully saturated rings. The minimum Gasteiger partial charge on any atom is -0.299 e. The van der Waals surface area contributed by atoms with E-state index >= 15 is 0 Å². The van der Waals surface area contributed by atoms with Gasteiger partial charge in [-0.1, -0.05) is 60.7 Å². The minimum atomic E-state index is 0.0965. The van der Waals surface area contributed by atoms with Gasteiger partial charge in [-0.05, 0) is 46.9 Å². The Hall–Kier alpha value is -2.15. The molecule has 0 radical (unpaired) electrons. The molecule has 2 aromatic carbocycles. The van der Waals surface area contributed by atoms with Crippen molar-refractivity contribution >= 4 is 5.78 Å². The van der Waals surface area contributed by atoms with Gasteiger partial charge in [-0.2, -0.15) is 0 Å². The summed E-state index contributed by atoms with van der Waals surface area (Å²) in [5.74, 6) is 1.68. The lowest BCUT2D eigenvalue weighted by Crippen LogP contribution is -2.38. The first-order valence-electron chi connectivity index (χ1n) is 8.63. The molecule has 114 valence electrons. The Kier molecular flexibility index (Phi) is 2.70. The Morgan fingerprint density at radius 2 is 1.83 bits per heavy atom. The molecular formula is C22H20O. The van der Waals surface area contributed by atoms with Crippen molar-refractivity contribution in [2.75, 3.05) is 0 Å². The van der Waals surface area contributed by atoms with Crippen molar-refractivity contribution in [1.29, 1.82) is 0 Å². The molecule has 0 amide bonds. The van der Waals surface area contributed by atoms with Gasteiger partial charge < -0.3 is 0 Å². The third-order valence-corrected chi connectivity index (χ3v) is 6.16. The second-order valence-corrected chi connectivity index (χ2v) is 7.48. The average molecular weight is 300 g/mol. The lowest BCUT2D eigenvalue weighted by atomic mass is 9.62. The van der Waals surface area contributed by atoms with E-state index in [0.717, 1.165) is 12.8 Å². The number of carbonyl (C=O) groups is 1. The number of rotatable bonds is 1. The summed E-state index contributed by atoms with van der Waals surface area (Å²) < 4.78 is 0. The molecule has 2 bridgehead atoms. The molecule has 2 aromatic rings. The normalized spacial score (nSPS) is 30.9. The molecule has 0 N–H and O–H groups in total. The summed E-state index contributed by atoms with van der Waals surface area (Å²) in [6, 6.07) is 17.3. The van der Waals surface area contributed by atoms with Crippen LogP contribution in [0, 0.1) is 11.8 Å². The van der Waals surface area contributed by atoms with Crippen LogP contribution in [-0.4, -0.2) is 5.78 Å². The number of fused-ring (bicyclic) bond motifs is 5. The molecule has 1 saturated carbocycles.